The normalized spacial score (nSPS) is 10.4. The highest BCUT2D eigenvalue weighted by molar-refractivity contribution is 6.33. The Kier molecular flexibility index (Phi) is 3.62. The molecule has 0 aliphatic rings. The lowest BCUT2D eigenvalue weighted by molar-refractivity contribution is 0.0950. The molecule has 18 heavy (non-hydrogen) atoms. The zero-order chi connectivity index (χ0) is 13.1. The fraction of sp³-hybridized carbons (Fsp3) is 0.250. The van der Waals surface area contributed by atoms with Crippen molar-refractivity contribution in [3.05, 3.63) is 46.5 Å². The van der Waals surface area contributed by atoms with Crippen molar-refractivity contribution in [3.8, 4) is 0 Å². The van der Waals surface area contributed by atoms with Crippen molar-refractivity contribution >= 4 is 17.5 Å². The summed E-state index contributed by atoms with van der Waals surface area (Å²) in [6.07, 6.45) is 1.58. The van der Waals surface area contributed by atoms with Crippen molar-refractivity contribution in [2.45, 2.75) is 13.5 Å². The zero-order valence-corrected chi connectivity index (χ0v) is 10.9. The van der Waals surface area contributed by atoms with E-state index in [2.05, 4.69) is 15.4 Å². The molecular formula is C12H13ClN4O. The second kappa shape index (κ2) is 5.18. The molecule has 0 fully saturated rings. The number of carbonyl (C=O) groups excluding carboxylic acids is 1. The number of benzene rings is 1. The van der Waals surface area contributed by atoms with Gasteiger partial charge >= 0.3 is 0 Å². The summed E-state index contributed by atoms with van der Waals surface area (Å²) in [4.78, 5) is 15.9. The van der Waals surface area contributed by atoms with Crippen molar-refractivity contribution in [2.75, 3.05) is 0 Å². The first-order valence-electron chi connectivity index (χ1n) is 5.45. The molecule has 2 rings (SSSR count). The number of carbonyl (C=O) groups is 1. The van der Waals surface area contributed by atoms with Gasteiger partial charge in [-0.3, -0.25) is 9.48 Å². The third kappa shape index (κ3) is 2.87. The van der Waals surface area contributed by atoms with Gasteiger partial charge < -0.3 is 5.32 Å². The summed E-state index contributed by atoms with van der Waals surface area (Å²) < 4.78 is 1.58. The molecule has 6 heteroatoms. The lowest BCUT2D eigenvalue weighted by atomic mass is 10.1. The first kappa shape index (κ1) is 12.6. The minimum Gasteiger partial charge on any atom is -0.345 e. The summed E-state index contributed by atoms with van der Waals surface area (Å²) in [6, 6.07) is 5.31. The van der Waals surface area contributed by atoms with E-state index in [4.69, 9.17) is 11.6 Å². The molecule has 1 aromatic heterocycles. The summed E-state index contributed by atoms with van der Waals surface area (Å²) in [6.45, 7) is 2.20. The average Bonchev–Trinajstić information content (AvgIpc) is 2.72. The SMILES string of the molecule is Cc1ccc(C(=O)NCc2ncn(C)n2)c(Cl)c1. The maximum absolute atomic E-state index is 11.9. The van der Waals surface area contributed by atoms with Gasteiger partial charge in [-0.25, -0.2) is 4.98 Å². The fourth-order valence-electron chi connectivity index (χ4n) is 1.52. The minimum absolute atomic E-state index is 0.229. The van der Waals surface area contributed by atoms with Gasteiger partial charge in [-0.15, -0.1) is 0 Å². The van der Waals surface area contributed by atoms with Gasteiger partial charge in [0.2, 0.25) is 0 Å². The van der Waals surface area contributed by atoms with E-state index in [-0.39, 0.29) is 12.5 Å². The molecule has 1 heterocycles. The number of nitrogens with one attached hydrogen (secondary N) is 1. The molecule has 94 valence electrons. The Morgan fingerprint density at radius 3 is 2.89 bits per heavy atom. The number of hydrogen-bond acceptors (Lipinski definition) is 3. The number of hydrogen-bond donors (Lipinski definition) is 1. The van der Waals surface area contributed by atoms with Gasteiger partial charge in [-0.1, -0.05) is 17.7 Å². The number of rotatable bonds is 3. The lowest BCUT2D eigenvalue weighted by Crippen LogP contribution is -2.23. The van der Waals surface area contributed by atoms with Crippen LogP contribution in [-0.2, 0) is 13.6 Å². The molecule has 1 amide bonds. The monoisotopic (exact) mass is 264 g/mol. The first-order valence-corrected chi connectivity index (χ1v) is 5.83. The Bertz CT molecular complexity index is 579. The standard InChI is InChI=1S/C12H13ClN4O/c1-8-3-4-9(10(13)5-8)12(18)14-6-11-15-7-17(2)16-11/h3-5,7H,6H2,1-2H3,(H,14,18). The topological polar surface area (TPSA) is 59.8 Å². The summed E-state index contributed by atoms with van der Waals surface area (Å²) in [7, 11) is 1.77. The summed E-state index contributed by atoms with van der Waals surface area (Å²) >= 11 is 6.01. The Hall–Kier alpha value is -1.88. The maximum atomic E-state index is 11.9. The van der Waals surface area contributed by atoms with Gasteiger partial charge in [0.1, 0.15) is 6.33 Å². The highest BCUT2D eigenvalue weighted by atomic mass is 35.5. The largest absolute Gasteiger partial charge is 0.345 e. The number of nitrogens with zero attached hydrogens (tertiary/aromatic N) is 3. The molecule has 0 unspecified atom stereocenters. The molecule has 0 aliphatic heterocycles. The molecular weight excluding hydrogens is 252 g/mol. The molecule has 1 aromatic carbocycles. The number of aromatic nitrogens is 3. The second-order valence-electron chi connectivity index (χ2n) is 4.00. The van der Waals surface area contributed by atoms with Crippen molar-refractivity contribution in [1.82, 2.24) is 20.1 Å². The van der Waals surface area contributed by atoms with E-state index in [9.17, 15) is 4.79 Å². The highest BCUT2D eigenvalue weighted by Crippen LogP contribution is 2.17. The van der Waals surface area contributed by atoms with Gasteiger partial charge in [-0.2, -0.15) is 5.10 Å². The van der Waals surface area contributed by atoms with Crippen LogP contribution in [0.15, 0.2) is 24.5 Å². The Labute approximate surface area is 110 Å². The third-order valence-corrected chi connectivity index (χ3v) is 2.74. The molecule has 0 spiro atoms. The van der Waals surface area contributed by atoms with Crippen LogP contribution in [0.3, 0.4) is 0 Å². The number of amides is 1. The fourth-order valence-corrected chi connectivity index (χ4v) is 1.84. The maximum Gasteiger partial charge on any atom is 0.253 e. The minimum atomic E-state index is -0.229. The number of halogens is 1. The van der Waals surface area contributed by atoms with Crippen LogP contribution in [0.25, 0.3) is 0 Å². The summed E-state index contributed by atoms with van der Waals surface area (Å²) in [5.74, 6) is 0.335. The quantitative estimate of drug-likeness (QED) is 0.918. The smallest absolute Gasteiger partial charge is 0.253 e. The predicted molar refractivity (Wildman–Crippen MR) is 68.4 cm³/mol. The van der Waals surface area contributed by atoms with Gasteiger partial charge in [-0.05, 0) is 24.6 Å². The Balaban J connectivity index is 2.03. The van der Waals surface area contributed by atoms with Crippen LogP contribution >= 0.6 is 11.6 Å². The van der Waals surface area contributed by atoms with Crippen LogP contribution < -0.4 is 5.32 Å². The van der Waals surface area contributed by atoms with E-state index in [1.54, 1.807) is 30.2 Å². The highest BCUT2D eigenvalue weighted by Gasteiger charge is 2.10. The van der Waals surface area contributed by atoms with Crippen molar-refractivity contribution in [2.24, 2.45) is 7.05 Å². The zero-order valence-electron chi connectivity index (χ0n) is 10.1. The molecule has 0 atom stereocenters. The van der Waals surface area contributed by atoms with E-state index < -0.39 is 0 Å². The molecule has 2 aromatic rings. The van der Waals surface area contributed by atoms with Crippen molar-refractivity contribution in [1.29, 1.82) is 0 Å². The molecule has 0 radical (unpaired) electrons. The van der Waals surface area contributed by atoms with E-state index >= 15 is 0 Å². The van der Waals surface area contributed by atoms with Crippen molar-refractivity contribution < 1.29 is 4.79 Å². The average molecular weight is 265 g/mol. The molecule has 5 nitrogen and oxygen atoms in total. The molecule has 0 aliphatic carbocycles. The van der Waals surface area contributed by atoms with Crippen LogP contribution in [0.4, 0.5) is 0 Å². The van der Waals surface area contributed by atoms with Crippen LogP contribution in [-0.4, -0.2) is 20.7 Å². The van der Waals surface area contributed by atoms with Gasteiger partial charge in [0.25, 0.3) is 5.91 Å². The lowest BCUT2D eigenvalue weighted by Gasteiger charge is -2.05. The van der Waals surface area contributed by atoms with Gasteiger partial charge in [0, 0.05) is 7.05 Å². The van der Waals surface area contributed by atoms with Gasteiger partial charge in [0.05, 0.1) is 17.1 Å². The second-order valence-corrected chi connectivity index (χ2v) is 4.41. The van der Waals surface area contributed by atoms with E-state index in [1.807, 2.05) is 13.0 Å². The van der Waals surface area contributed by atoms with Crippen molar-refractivity contribution in [3.63, 3.8) is 0 Å². The molecule has 0 bridgehead atoms. The van der Waals surface area contributed by atoms with Crippen LogP contribution in [0.5, 0.6) is 0 Å². The van der Waals surface area contributed by atoms with E-state index in [1.165, 1.54) is 0 Å². The molecule has 1 N–H and O–H groups in total. The predicted octanol–water partition coefficient (Wildman–Crippen LogP) is 1.71. The molecule has 0 saturated heterocycles. The van der Waals surface area contributed by atoms with Gasteiger partial charge in [0.15, 0.2) is 5.82 Å². The van der Waals surface area contributed by atoms with Crippen LogP contribution in [0, 0.1) is 6.92 Å². The number of aryl methyl sites for hydroxylation is 2. The van der Waals surface area contributed by atoms with E-state index in [0.717, 1.165) is 5.56 Å². The summed E-state index contributed by atoms with van der Waals surface area (Å²) in [5, 5.41) is 7.24. The third-order valence-electron chi connectivity index (χ3n) is 2.42. The Morgan fingerprint density at radius 2 is 2.28 bits per heavy atom. The van der Waals surface area contributed by atoms with E-state index in [0.29, 0.717) is 16.4 Å². The van der Waals surface area contributed by atoms with Crippen LogP contribution in [0.2, 0.25) is 5.02 Å². The van der Waals surface area contributed by atoms with Crippen LogP contribution in [0.1, 0.15) is 21.7 Å². The summed E-state index contributed by atoms with van der Waals surface area (Å²) in [5.41, 5.74) is 1.47. The first-order chi connectivity index (χ1) is 8.56. The Morgan fingerprint density at radius 1 is 1.50 bits per heavy atom. The molecule has 0 saturated carbocycles.